The zero-order valence-electron chi connectivity index (χ0n) is 15.1. The summed E-state index contributed by atoms with van der Waals surface area (Å²) in [6.07, 6.45) is 3.63. The lowest BCUT2D eigenvalue weighted by Crippen LogP contribution is -2.12. The van der Waals surface area contributed by atoms with Crippen molar-refractivity contribution < 1.29 is 4.79 Å². The number of carbonyl (C=O) groups is 1. The first-order valence-corrected chi connectivity index (χ1v) is 10.2. The van der Waals surface area contributed by atoms with Crippen LogP contribution in [0, 0.1) is 0 Å². The van der Waals surface area contributed by atoms with E-state index in [0.717, 1.165) is 23.4 Å². The number of hydrogen-bond acceptors (Lipinski definition) is 5. The van der Waals surface area contributed by atoms with Gasteiger partial charge in [0, 0.05) is 27.6 Å². The van der Waals surface area contributed by atoms with Gasteiger partial charge in [0.25, 0.3) is 5.91 Å². The Hall–Kier alpha value is -2.38. The summed E-state index contributed by atoms with van der Waals surface area (Å²) in [7, 11) is 0. The molecule has 0 aliphatic heterocycles. The molecular formula is C19H20ClN5OS. The Balaban J connectivity index is 1.69. The smallest absolute Gasteiger partial charge is 0.255 e. The van der Waals surface area contributed by atoms with Crippen molar-refractivity contribution in [1.29, 1.82) is 0 Å². The number of carbonyl (C=O) groups excluding carboxylic acids is 1. The fourth-order valence-corrected chi connectivity index (χ4v) is 3.63. The number of aromatic amines is 1. The molecule has 3 rings (SSSR count). The fourth-order valence-electron chi connectivity index (χ4n) is 2.84. The van der Waals surface area contributed by atoms with Gasteiger partial charge in [0.2, 0.25) is 0 Å². The molecule has 0 bridgehead atoms. The average molecular weight is 402 g/mol. The Morgan fingerprint density at radius 3 is 2.67 bits per heavy atom. The van der Waals surface area contributed by atoms with Crippen molar-refractivity contribution in [3.05, 3.63) is 64.4 Å². The van der Waals surface area contributed by atoms with Crippen LogP contribution in [-0.2, 0) is 6.42 Å². The number of hydrogen-bond donors (Lipinski definition) is 2. The molecule has 0 unspecified atom stereocenters. The van der Waals surface area contributed by atoms with Gasteiger partial charge in [0.05, 0.1) is 0 Å². The number of benzene rings is 2. The third-order valence-corrected chi connectivity index (χ3v) is 5.25. The second kappa shape index (κ2) is 9.01. The molecule has 1 atom stereocenters. The molecule has 0 spiro atoms. The molecule has 0 aliphatic rings. The van der Waals surface area contributed by atoms with Gasteiger partial charge < -0.3 is 5.32 Å². The van der Waals surface area contributed by atoms with Crippen LogP contribution in [0.4, 0.5) is 5.69 Å². The molecule has 1 amide bonds. The molecule has 0 radical (unpaired) electrons. The molecule has 0 fully saturated rings. The van der Waals surface area contributed by atoms with Crippen LogP contribution in [0.1, 0.15) is 41.0 Å². The van der Waals surface area contributed by atoms with Gasteiger partial charge in [0.15, 0.2) is 5.82 Å². The summed E-state index contributed by atoms with van der Waals surface area (Å²) in [6, 6.07) is 13.2. The van der Waals surface area contributed by atoms with E-state index in [1.807, 2.05) is 42.7 Å². The molecule has 1 heterocycles. The number of nitrogens with one attached hydrogen (secondary N) is 2. The van der Waals surface area contributed by atoms with E-state index in [0.29, 0.717) is 22.3 Å². The largest absolute Gasteiger partial charge is 0.322 e. The van der Waals surface area contributed by atoms with E-state index in [1.165, 1.54) is 5.56 Å². The number of halogens is 1. The molecule has 8 heteroatoms. The van der Waals surface area contributed by atoms with Gasteiger partial charge in [-0.25, -0.2) is 0 Å². The summed E-state index contributed by atoms with van der Waals surface area (Å²) in [6.45, 7) is 2.13. The minimum atomic E-state index is -0.181. The van der Waals surface area contributed by atoms with Crippen molar-refractivity contribution in [2.75, 3.05) is 11.6 Å². The van der Waals surface area contributed by atoms with E-state index in [2.05, 4.69) is 32.9 Å². The highest BCUT2D eigenvalue weighted by molar-refractivity contribution is 7.98. The first-order valence-electron chi connectivity index (χ1n) is 8.57. The van der Waals surface area contributed by atoms with Crippen molar-refractivity contribution in [1.82, 2.24) is 20.6 Å². The Morgan fingerprint density at radius 2 is 2.04 bits per heavy atom. The number of aromatic nitrogens is 4. The van der Waals surface area contributed by atoms with Gasteiger partial charge in [-0.15, -0.1) is 22.0 Å². The zero-order chi connectivity index (χ0) is 19.2. The quantitative estimate of drug-likeness (QED) is 0.567. The van der Waals surface area contributed by atoms with Crippen LogP contribution in [0.25, 0.3) is 0 Å². The summed E-state index contributed by atoms with van der Waals surface area (Å²) in [5.41, 5.74) is 2.45. The third-order valence-electron chi connectivity index (χ3n) is 4.32. The number of H-pyrrole nitrogens is 1. The number of tetrazole rings is 1. The second-order valence-electron chi connectivity index (χ2n) is 6.09. The number of nitrogens with zero attached hydrogens (tertiary/aromatic N) is 3. The lowest BCUT2D eigenvalue weighted by molar-refractivity contribution is 0.102. The van der Waals surface area contributed by atoms with Crippen LogP contribution < -0.4 is 5.32 Å². The molecule has 0 saturated carbocycles. The minimum absolute atomic E-state index is 0.181. The van der Waals surface area contributed by atoms with Crippen molar-refractivity contribution in [2.45, 2.75) is 30.6 Å². The second-order valence-corrected chi connectivity index (χ2v) is 7.41. The molecule has 0 saturated heterocycles. The predicted molar refractivity (Wildman–Crippen MR) is 109 cm³/mol. The van der Waals surface area contributed by atoms with Crippen LogP contribution in [0.15, 0.2) is 47.4 Å². The van der Waals surface area contributed by atoms with Gasteiger partial charge in [-0.1, -0.05) is 35.9 Å². The first kappa shape index (κ1) is 19.4. The number of anilines is 1. The Morgan fingerprint density at radius 1 is 1.26 bits per heavy atom. The van der Waals surface area contributed by atoms with Gasteiger partial charge >= 0.3 is 0 Å². The van der Waals surface area contributed by atoms with Gasteiger partial charge in [-0.3, -0.25) is 4.79 Å². The summed E-state index contributed by atoms with van der Waals surface area (Å²) in [5.74, 6) is 0.814. The van der Waals surface area contributed by atoms with Crippen molar-refractivity contribution in [2.24, 2.45) is 0 Å². The Bertz CT molecular complexity index is 899. The van der Waals surface area contributed by atoms with E-state index in [-0.39, 0.29) is 5.91 Å². The fraction of sp³-hybridized carbons (Fsp3) is 0.263. The SMILES string of the molecule is CC[C@H](Cc1nn[nH]n1)c1ccc(NC(=O)c2cc(Cl)cc(SC)c2)cc1. The topological polar surface area (TPSA) is 83.6 Å². The molecule has 27 heavy (non-hydrogen) atoms. The highest BCUT2D eigenvalue weighted by atomic mass is 35.5. The normalized spacial score (nSPS) is 12.0. The van der Waals surface area contributed by atoms with Gasteiger partial charge in [0.1, 0.15) is 0 Å². The van der Waals surface area contributed by atoms with E-state index < -0.39 is 0 Å². The molecule has 2 N–H and O–H groups in total. The highest BCUT2D eigenvalue weighted by Crippen LogP contribution is 2.25. The molecule has 140 valence electrons. The third kappa shape index (κ3) is 5.08. The van der Waals surface area contributed by atoms with Crippen LogP contribution in [0.2, 0.25) is 5.02 Å². The predicted octanol–water partition coefficient (Wildman–Crippen LogP) is 4.56. The summed E-state index contributed by atoms with van der Waals surface area (Å²) < 4.78 is 0. The van der Waals surface area contributed by atoms with E-state index in [4.69, 9.17) is 11.6 Å². The maximum Gasteiger partial charge on any atom is 0.255 e. The van der Waals surface area contributed by atoms with Crippen molar-refractivity contribution >= 4 is 35.0 Å². The van der Waals surface area contributed by atoms with E-state index >= 15 is 0 Å². The standard InChI is InChI=1S/C19H20ClN5OS/c1-3-12(10-18-22-24-25-23-18)13-4-6-16(7-5-13)21-19(26)14-8-15(20)11-17(9-14)27-2/h4-9,11-12H,3,10H2,1-2H3,(H,21,26)(H,22,23,24,25)/t12-/m1/s1. The lowest BCUT2D eigenvalue weighted by atomic mass is 9.93. The van der Waals surface area contributed by atoms with E-state index in [9.17, 15) is 4.79 Å². The summed E-state index contributed by atoms with van der Waals surface area (Å²) in [5, 5.41) is 17.6. The summed E-state index contributed by atoms with van der Waals surface area (Å²) in [4.78, 5) is 13.5. The van der Waals surface area contributed by atoms with Crippen LogP contribution in [0.3, 0.4) is 0 Å². The summed E-state index contributed by atoms with van der Waals surface area (Å²) >= 11 is 7.64. The molecule has 0 aliphatic carbocycles. The van der Waals surface area contributed by atoms with Gasteiger partial charge in [-0.05, 0) is 54.5 Å². The average Bonchev–Trinajstić information content (AvgIpc) is 3.19. The Kier molecular flexibility index (Phi) is 6.47. The minimum Gasteiger partial charge on any atom is -0.322 e. The van der Waals surface area contributed by atoms with Crippen molar-refractivity contribution in [3.8, 4) is 0 Å². The number of rotatable bonds is 7. The molecule has 1 aromatic heterocycles. The molecule has 6 nitrogen and oxygen atoms in total. The molecule has 3 aromatic rings. The Labute approximate surface area is 167 Å². The lowest BCUT2D eigenvalue weighted by Gasteiger charge is -2.14. The zero-order valence-corrected chi connectivity index (χ0v) is 16.6. The maximum atomic E-state index is 12.5. The highest BCUT2D eigenvalue weighted by Gasteiger charge is 2.14. The maximum absolute atomic E-state index is 12.5. The number of thioether (sulfide) groups is 1. The monoisotopic (exact) mass is 401 g/mol. The first-order chi connectivity index (χ1) is 13.1. The van der Waals surface area contributed by atoms with Crippen molar-refractivity contribution in [3.63, 3.8) is 0 Å². The van der Waals surface area contributed by atoms with Gasteiger partial charge in [-0.2, -0.15) is 5.21 Å². The van der Waals surface area contributed by atoms with Crippen LogP contribution in [-0.4, -0.2) is 32.8 Å². The number of amides is 1. The molecule has 2 aromatic carbocycles. The molecular weight excluding hydrogens is 382 g/mol. The van der Waals surface area contributed by atoms with Crippen LogP contribution in [0.5, 0.6) is 0 Å². The van der Waals surface area contributed by atoms with Crippen LogP contribution >= 0.6 is 23.4 Å². The van der Waals surface area contributed by atoms with E-state index in [1.54, 1.807) is 17.8 Å².